The Morgan fingerprint density at radius 1 is 0.759 bits per heavy atom. The number of halogens is 1. The van der Waals surface area contributed by atoms with Crippen LogP contribution in [0.2, 0.25) is 0 Å². The van der Waals surface area contributed by atoms with Crippen molar-refractivity contribution in [2.24, 2.45) is 0 Å². The van der Waals surface area contributed by atoms with Crippen molar-refractivity contribution in [3.05, 3.63) is 95.4 Å². The van der Waals surface area contributed by atoms with Gasteiger partial charge >= 0.3 is 0 Å². The first-order chi connectivity index (χ1) is 13.8. The second-order valence-electron chi connectivity index (χ2n) is 6.28. The summed E-state index contributed by atoms with van der Waals surface area (Å²) in [5.74, 6) is 1.38. The molecule has 4 rings (SSSR count). The Labute approximate surface area is 180 Å². The lowest BCUT2D eigenvalue weighted by Gasteiger charge is -2.14. The van der Waals surface area contributed by atoms with Crippen molar-refractivity contribution in [3.8, 4) is 22.8 Å². The third-order valence-electron chi connectivity index (χ3n) is 4.24. The Balaban J connectivity index is 0.00000240. The van der Waals surface area contributed by atoms with Gasteiger partial charge in [0.25, 0.3) is 0 Å². The number of hydrogen-bond acceptors (Lipinski definition) is 5. The quantitative estimate of drug-likeness (QED) is 0.397. The number of ether oxygens (including phenoxy) is 2. The molecular formula is C23H21ClN2O2S. The number of hydrogen-bond donors (Lipinski definition) is 1. The number of aromatic nitrogens is 1. The van der Waals surface area contributed by atoms with Gasteiger partial charge in [0.1, 0.15) is 13.2 Å². The molecule has 3 aromatic carbocycles. The maximum absolute atomic E-state index is 6.10. The molecule has 0 amide bonds. The smallest absolute Gasteiger partial charge is 0.180 e. The molecule has 6 heteroatoms. The summed E-state index contributed by atoms with van der Waals surface area (Å²) in [6.07, 6.45) is 0. The van der Waals surface area contributed by atoms with Gasteiger partial charge in [-0.1, -0.05) is 60.7 Å². The molecule has 4 aromatic rings. The second kappa shape index (κ2) is 9.96. The molecule has 4 nitrogen and oxygen atoms in total. The highest BCUT2D eigenvalue weighted by atomic mass is 35.5. The highest BCUT2D eigenvalue weighted by molar-refractivity contribution is 7.13. The molecule has 0 spiro atoms. The minimum Gasteiger partial charge on any atom is -0.485 e. The first-order valence-electron chi connectivity index (χ1n) is 8.97. The highest BCUT2D eigenvalue weighted by Gasteiger charge is 2.11. The number of anilines is 1. The number of thiazole rings is 1. The van der Waals surface area contributed by atoms with E-state index in [2.05, 4.69) is 4.98 Å². The van der Waals surface area contributed by atoms with Gasteiger partial charge in [-0.15, -0.1) is 23.7 Å². The lowest BCUT2D eigenvalue weighted by Crippen LogP contribution is -2.01. The molecule has 0 saturated heterocycles. The van der Waals surface area contributed by atoms with E-state index in [1.165, 1.54) is 11.3 Å². The first-order valence-corrected chi connectivity index (χ1v) is 9.85. The van der Waals surface area contributed by atoms with Crippen molar-refractivity contribution in [2.75, 3.05) is 5.73 Å². The maximum atomic E-state index is 6.10. The van der Waals surface area contributed by atoms with Crippen molar-refractivity contribution in [2.45, 2.75) is 13.2 Å². The summed E-state index contributed by atoms with van der Waals surface area (Å²) >= 11 is 1.42. The van der Waals surface area contributed by atoms with Gasteiger partial charge in [-0.25, -0.2) is 4.98 Å². The lowest BCUT2D eigenvalue weighted by atomic mass is 10.1. The van der Waals surface area contributed by atoms with E-state index in [1.54, 1.807) is 0 Å². The van der Waals surface area contributed by atoms with E-state index in [1.807, 2.05) is 84.2 Å². The molecule has 0 aliphatic rings. The van der Waals surface area contributed by atoms with Crippen LogP contribution in [0, 0.1) is 0 Å². The van der Waals surface area contributed by atoms with E-state index < -0.39 is 0 Å². The number of nitrogens with two attached hydrogens (primary N) is 1. The molecule has 29 heavy (non-hydrogen) atoms. The molecule has 148 valence electrons. The molecule has 2 N–H and O–H groups in total. The molecule has 1 aromatic heterocycles. The fourth-order valence-corrected chi connectivity index (χ4v) is 3.36. The zero-order valence-corrected chi connectivity index (χ0v) is 17.3. The largest absolute Gasteiger partial charge is 0.485 e. The third kappa shape index (κ3) is 5.50. The van der Waals surface area contributed by atoms with Gasteiger partial charge in [-0.05, 0) is 29.3 Å². The van der Waals surface area contributed by atoms with E-state index in [9.17, 15) is 0 Å². The number of benzene rings is 3. The minimum absolute atomic E-state index is 0. The number of rotatable bonds is 7. The van der Waals surface area contributed by atoms with Crippen molar-refractivity contribution in [1.29, 1.82) is 0 Å². The van der Waals surface area contributed by atoms with Crippen LogP contribution in [0.3, 0.4) is 0 Å². The molecule has 0 atom stereocenters. The maximum Gasteiger partial charge on any atom is 0.180 e. The molecule has 0 aliphatic heterocycles. The number of nitrogens with zero attached hydrogens (tertiary/aromatic N) is 1. The summed E-state index contributed by atoms with van der Waals surface area (Å²) in [7, 11) is 0. The lowest BCUT2D eigenvalue weighted by molar-refractivity contribution is 0.256. The molecule has 0 unspecified atom stereocenters. The topological polar surface area (TPSA) is 57.4 Å². The van der Waals surface area contributed by atoms with Gasteiger partial charge in [-0.2, -0.15) is 0 Å². The molecule has 0 radical (unpaired) electrons. The van der Waals surface area contributed by atoms with Crippen molar-refractivity contribution in [3.63, 3.8) is 0 Å². The van der Waals surface area contributed by atoms with Crippen LogP contribution < -0.4 is 15.2 Å². The minimum atomic E-state index is 0. The van der Waals surface area contributed by atoms with E-state index in [0.717, 1.165) is 22.4 Å². The molecule has 0 aliphatic carbocycles. The third-order valence-corrected chi connectivity index (χ3v) is 4.91. The van der Waals surface area contributed by atoms with Crippen molar-refractivity contribution >= 4 is 28.9 Å². The fraction of sp³-hybridized carbons (Fsp3) is 0.0870. The molecule has 1 heterocycles. The van der Waals surface area contributed by atoms with Crippen LogP contribution in [-0.2, 0) is 13.2 Å². The normalized spacial score (nSPS) is 10.2. The summed E-state index contributed by atoms with van der Waals surface area (Å²) in [4.78, 5) is 4.36. The van der Waals surface area contributed by atoms with Gasteiger partial charge in [0.05, 0.1) is 5.69 Å². The predicted molar refractivity (Wildman–Crippen MR) is 121 cm³/mol. The van der Waals surface area contributed by atoms with E-state index in [-0.39, 0.29) is 12.4 Å². The zero-order valence-electron chi connectivity index (χ0n) is 15.7. The van der Waals surface area contributed by atoms with Gasteiger partial charge in [0.15, 0.2) is 16.6 Å². The Kier molecular flexibility index (Phi) is 7.11. The Bertz CT molecular complexity index is 1040. The Hall–Kier alpha value is -3.02. The summed E-state index contributed by atoms with van der Waals surface area (Å²) < 4.78 is 12.1. The van der Waals surface area contributed by atoms with Crippen molar-refractivity contribution < 1.29 is 9.47 Å². The Morgan fingerprint density at radius 3 is 1.90 bits per heavy atom. The van der Waals surface area contributed by atoms with Crippen LogP contribution in [0.4, 0.5) is 5.13 Å². The van der Waals surface area contributed by atoms with Gasteiger partial charge in [0.2, 0.25) is 0 Å². The van der Waals surface area contributed by atoms with Crippen LogP contribution >= 0.6 is 23.7 Å². The predicted octanol–water partition coefficient (Wildman–Crippen LogP) is 5.97. The molecule has 0 saturated carbocycles. The average molecular weight is 425 g/mol. The van der Waals surface area contributed by atoms with Crippen LogP contribution in [0.25, 0.3) is 11.3 Å². The average Bonchev–Trinajstić information content (AvgIpc) is 3.19. The molecule has 0 bridgehead atoms. The van der Waals surface area contributed by atoms with Gasteiger partial charge in [0, 0.05) is 10.9 Å². The molecular weight excluding hydrogens is 404 g/mol. The molecule has 0 fully saturated rings. The second-order valence-corrected chi connectivity index (χ2v) is 7.17. The van der Waals surface area contributed by atoms with E-state index in [4.69, 9.17) is 15.2 Å². The van der Waals surface area contributed by atoms with Crippen LogP contribution in [0.5, 0.6) is 11.5 Å². The summed E-state index contributed by atoms with van der Waals surface area (Å²) in [5, 5.41) is 2.49. The first kappa shape index (κ1) is 20.7. The van der Waals surface area contributed by atoms with E-state index >= 15 is 0 Å². The van der Waals surface area contributed by atoms with Crippen LogP contribution in [-0.4, -0.2) is 4.98 Å². The Morgan fingerprint density at radius 2 is 1.34 bits per heavy atom. The SMILES string of the molecule is Cl.Nc1nc(-c2ccc(OCc3ccccc3)c(OCc3ccccc3)c2)cs1. The van der Waals surface area contributed by atoms with E-state index in [0.29, 0.717) is 29.8 Å². The van der Waals surface area contributed by atoms with Crippen molar-refractivity contribution in [1.82, 2.24) is 4.98 Å². The van der Waals surface area contributed by atoms with Gasteiger partial charge in [-0.3, -0.25) is 0 Å². The zero-order chi connectivity index (χ0) is 19.2. The van der Waals surface area contributed by atoms with Crippen LogP contribution in [0.15, 0.2) is 84.2 Å². The highest BCUT2D eigenvalue weighted by Crippen LogP contribution is 2.34. The van der Waals surface area contributed by atoms with Crippen LogP contribution in [0.1, 0.15) is 11.1 Å². The summed E-state index contributed by atoms with van der Waals surface area (Å²) in [5.41, 5.74) is 9.77. The summed E-state index contributed by atoms with van der Waals surface area (Å²) in [6.45, 7) is 0.941. The number of nitrogen functional groups attached to an aromatic ring is 1. The standard InChI is InChI=1S/C23H20N2O2S.ClH/c24-23-25-20(16-28-23)19-11-12-21(26-14-17-7-3-1-4-8-17)22(13-19)27-15-18-9-5-2-6-10-18;/h1-13,16H,14-15H2,(H2,24,25);1H. The van der Waals surface area contributed by atoms with Gasteiger partial charge < -0.3 is 15.2 Å². The summed E-state index contributed by atoms with van der Waals surface area (Å²) in [6, 6.07) is 26.0. The fourth-order valence-electron chi connectivity index (χ4n) is 2.79. The monoisotopic (exact) mass is 424 g/mol.